The zero-order chi connectivity index (χ0) is 22.3. The van der Waals surface area contributed by atoms with Crippen molar-refractivity contribution in [2.45, 2.75) is 94.9 Å². The van der Waals surface area contributed by atoms with Gasteiger partial charge in [-0.3, -0.25) is 10.2 Å². The maximum atomic E-state index is 13.3. The minimum absolute atomic E-state index is 0.0580. The molecule has 5 fully saturated rings. The molecule has 4 unspecified atom stereocenters. The van der Waals surface area contributed by atoms with Crippen LogP contribution in [0.2, 0.25) is 0 Å². The molecule has 5 aliphatic rings. The smallest absolute Gasteiger partial charge is 0.228 e. The molecule has 4 atom stereocenters. The third-order valence-electron chi connectivity index (χ3n) is 9.21. The lowest BCUT2D eigenvalue weighted by atomic mass is 9.74. The number of carbonyl (C=O) groups excluding carboxylic acids is 1. The van der Waals surface area contributed by atoms with Crippen molar-refractivity contribution in [3.8, 4) is 0 Å². The average molecular weight is 467 g/mol. The summed E-state index contributed by atoms with van der Waals surface area (Å²) in [5.41, 5.74) is 3.60. The van der Waals surface area contributed by atoms with Crippen molar-refractivity contribution < 1.29 is 13.2 Å². The summed E-state index contributed by atoms with van der Waals surface area (Å²) < 4.78 is 28.1. The molecule has 0 aromatic carbocycles. The number of fused-ring (bicyclic) bond motifs is 1. The van der Waals surface area contributed by atoms with Gasteiger partial charge < -0.3 is 4.90 Å². The third-order valence-corrected chi connectivity index (χ3v) is 11.6. The summed E-state index contributed by atoms with van der Waals surface area (Å²) in [6.45, 7) is 6.40. The van der Waals surface area contributed by atoms with E-state index >= 15 is 0 Å². The molecule has 4 saturated heterocycles. The van der Waals surface area contributed by atoms with Gasteiger partial charge in [0.15, 0.2) is 0 Å². The van der Waals surface area contributed by atoms with E-state index in [1.807, 2.05) is 4.31 Å². The van der Waals surface area contributed by atoms with Crippen LogP contribution in [0.4, 0.5) is 0 Å². The van der Waals surface area contributed by atoms with Gasteiger partial charge in [-0.2, -0.15) is 0 Å². The average Bonchev–Trinajstić information content (AvgIpc) is 3.46. The number of carbonyl (C=O) groups is 1. The van der Waals surface area contributed by atoms with Gasteiger partial charge in [-0.05, 0) is 70.1 Å². The van der Waals surface area contributed by atoms with Gasteiger partial charge in [-0.25, -0.2) is 17.7 Å². The van der Waals surface area contributed by atoms with E-state index in [2.05, 4.69) is 22.3 Å². The summed E-state index contributed by atoms with van der Waals surface area (Å²) in [6, 6.07) is 0.496. The van der Waals surface area contributed by atoms with E-state index in [0.29, 0.717) is 36.9 Å². The first kappa shape index (κ1) is 23.1. The Labute approximate surface area is 194 Å². The molecule has 4 heterocycles. The molecule has 1 saturated carbocycles. The first-order valence-electron chi connectivity index (χ1n) is 13.3. The Balaban J connectivity index is 1.19. The number of hydrazine groups is 1. The molecule has 0 aromatic heterocycles. The van der Waals surface area contributed by atoms with Crippen LogP contribution < -0.4 is 5.43 Å². The van der Waals surface area contributed by atoms with Crippen LogP contribution >= 0.6 is 0 Å². The van der Waals surface area contributed by atoms with E-state index < -0.39 is 10.0 Å². The van der Waals surface area contributed by atoms with Crippen molar-refractivity contribution in [3.05, 3.63) is 0 Å². The second-order valence-electron chi connectivity index (χ2n) is 11.1. The SMILES string of the molecule is CC1NN2CCC(C3CCN(S(=O)(=O)C4CCCCC4)CC3)CC2C1C(=O)N1CCCC1. The molecule has 182 valence electrons. The molecule has 32 heavy (non-hydrogen) atoms. The molecule has 4 aliphatic heterocycles. The molecule has 0 spiro atoms. The van der Waals surface area contributed by atoms with Crippen molar-refractivity contribution >= 4 is 15.9 Å². The van der Waals surface area contributed by atoms with E-state index in [1.165, 1.54) is 6.42 Å². The molecular formula is C24H42N4O3S. The lowest BCUT2D eigenvalue weighted by Gasteiger charge is -2.43. The Morgan fingerprint density at radius 3 is 2.16 bits per heavy atom. The van der Waals surface area contributed by atoms with Gasteiger partial charge in [0.1, 0.15) is 0 Å². The predicted molar refractivity (Wildman–Crippen MR) is 125 cm³/mol. The molecule has 8 heteroatoms. The first-order chi connectivity index (χ1) is 15.4. The van der Waals surface area contributed by atoms with Crippen LogP contribution in [0, 0.1) is 17.8 Å². The van der Waals surface area contributed by atoms with Gasteiger partial charge in [-0.15, -0.1) is 0 Å². The lowest BCUT2D eigenvalue weighted by Crippen LogP contribution is -2.50. The number of hydrogen-bond acceptors (Lipinski definition) is 5. The van der Waals surface area contributed by atoms with E-state index in [0.717, 1.165) is 83.8 Å². The standard InChI is InChI=1S/C24H42N4O3S/c1-18-23(24(29)26-12-5-6-13-26)22-17-20(11-16-28(22)25-18)19-9-14-27(15-10-19)32(30,31)21-7-3-2-4-8-21/h18-23,25H,2-17H2,1H3. The summed E-state index contributed by atoms with van der Waals surface area (Å²) in [7, 11) is -3.13. The quantitative estimate of drug-likeness (QED) is 0.689. The van der Waals surface area contributed by atoms with Crippen LogP contribution in [0.25, 0.3) is 0 Å². The van der Waals surface area contributed by atoms with Gasteiger partial charge in [0.25, 0.3) is 0 Å². The molecule has 1 N–H and O–H groups in total. The Hall–Kier alpha value is -0.700. The topological polar surface area (TPSA) is 73.0 Å². The van der Waals surface area contributed by atoms with E-state index in [9.17, 15) is 13.2 Å². The molecule has 5 rings (SSSR count). The van der Waals surface area contributed by atoms with Crippen molar-refractivity contribution in [1.29, 1.82) is 0 Å². The third kappa shape index (κ3) is 4.37. The highest BCUT2D eigenvalue weighted by Crippen LogP contribution is 2.41. The minimum atomic E-state index is -3.13. The van der Waals surface area contributed by atoms with Crippen molar-refractivity contribution in [2.75, 3.05) is 32.7 Å². The Morgan fingerprint density at radius 1 is 0.812 bits per heavy atom. The summed E-state index contributed by atoms with van der Waals surface area (Å²) in [4.78, 5) is 15.4. The van der Waals surface area contributed by atoms with Crippen LogP contribution in [0.1, 0.15) is 77.6 Å². The van der Waals surface area contributed by atoms with E-state index in [-0.39, 0.29) is 17.2 Å². The fraction of sp³-hybridized carbons (Fsp3) is 0.958. The van der Waals surface area contributed by atoms with Crippen LogP contribution in [-0.2, 0) is 14.8 Å². The van der Waals surface area contributed by atoms with Gasteiger partial charge in [0.05, 0.1) is 11.2 Å². The second-order valence-corrected chi connectivity index (χ2v) is 13.3. The number of nitrogens with one attached hydrogen (secondary N) is 1. The van der Waals surface area contributed by atoms with Gasteiger partial charge in [0.2, 0.25) is 15.9 Å². The first-order valence-corrected chi connectivity index (χ1v) is 14.8. The highest BCUT2D eigenvalue weighted by molar-refractivity contribution is 7.89. The zero-order valence-electron chi connectivity index (χ0n) is 19.8. The monoisotopic (exact) mass is 466 g/mol. The molecule has 1 aliphatic carbocycles. The number of rotatable bonds is 4. The number of likely N-dealkylation sites (tertiary alicyclic amines) is 1. The molecule has 0 bridgehead atoms. The highest BCUT2D eigenvalue weighted by Gasteiger charge is 2.49. The van der Waals surface area contributed by atoms with Gasteiger partial charge in [-0.1, -0.05) is 19.3 Å². The normalized spacial score (nSPS) is 36.5. The Bertz CT molecular complexity index is 770. The van der Waals surface area contributed by atoms with Crippen molar-refractivity contribution in [2.24, 2.45) is 17.8 Å². The Morgan fingerprint density at radius 2 is 1.47 bits per heavy atom. The zero-order valence-corrected chi connectivity index (χ0v) is 20.6. The summed E-state index contributed by atoms with van der Waals surface area (Å²) in [5, 5.41) is 2.21. The number of nitrogens with zero attached hydrogens (tertiary/aromatic N) is 3. The fourth-order valence-electron chi connectivity index (χ4n) is 7.33. The van der Waals surface area contributed by atoms with Crippen LogP contribution in [-0.4, -0.2) is 78.6 Å². The molecule has 0 radical (unpaired) electrons. The maximum Gasteiger partial charge on any atom is 0.228 e. The Kier molecular flexibility index (Phi) is 6.85. The van der Waals surface area contributed by atoms with Crippen LogP contribution in [0.15, 0.2) is 0 Å². The highest BCUT2D eigenvalue weighted by atomic mass is 32.2. The van der Waals surface area contributed by atoms with Crippen molar-refractivity contribution in [1.82, 2.24) is 19.6 Å². The predicted octanol–water partition coefficient (Wildman–Crippen LogP) is 2.59. The number of piperidine rings is 2. The number of sulfonamides is 1. The molecule has 0 aromatic rings. The largest absolute Gasteiger partial charge is 0.342 e. The minimum Gasteiger partial charge on any atom is -0.342 e. The second kappa shape index (κ2) is 9.51. The van der Waals surface area contributed by atoms with Crippen LogP contribution in [0.5, 0.6) is 0 Å². The fourth-order valence-corrected chi connectivity index (χ4v) is 9.40. The number of amides is 1. The molecule has 1 amide bonds. The maximum absolute atomic E-state index is 13.3. The molecular weight excluding hydrogens is 424 g/mol. The summed E-state index contributed by atoms with van der Waals surface area (Å²) in [5.74, 6) is 1.61. The van der Waals surface area contributed by atoms with Gasteiger partial charge >= 0.3 is 0 Å². The van der Waals surface area contributed by atoms with Crippen molar-refractivity contribution in [3.63, 3.8) is 0 Å². The van der Waals surface area contributed by atoms with E-state index in [1.54, 1.807) is 0 Å². The summed E-state index contributed by atoms with van der Waals surface area (Å²) >= 11 is 0. The summed E-state index contributed by atoms with van der Waals surface area (Å²) in [6.07, 6.45) is 11.5. The number of hydrogen-bond donors (Lipinski definition) is 1. The lowest BCUT2D eigenvalue weighted by molar-refractivity contribution is -0.136. The molecule has 7 nitrogen and oxygen atoms in total. The van der Waals surface area contributed by atoms with E-state index in [4.69, 9.17) is 0 Å². The van der Waals surface area contributed by atoms with Crippen LogP contribution in [0.3, 0.4) is 0 Å². The van der Waals surface area contributed by atoms with Gasteiger partial charge in [0, 0.05) is 44.8 Å².